The number of nitrogens with zero attached hydrogens (tertiary/aromatic N) is 1. The van der Waals surface area contributed by atoms with Crippen molar-refractivity contribution in [2.75, 3.05) is 18.4 Å². The molecule has 2 aliphatic rings. The highest BCUT2D eigenvalue weighted by Gasteiger charge is 2.50. The number of rotatable bonds is 1. The largest absolute Gasteiger partial charge is 0.354 e. The molecule has 22 heavy (non-hydrogen) atoms. The Bertz CT molecular complexity index is 614. The molecular formula is C17H23N3O2. The van der Waals surface area contributed by atoms with Gasteiger partial charge in [-0.2, -0.15) is 0 Å². The van der Waals surface area contributed by atoms with Gasteiger partial charge in [0, 0.05) is 18.8 Å². The normalized spacial score (nSPS) is 24.5. The van der Waals surface area contributed by atoms with Crippen LogP contribution in [0.15, 0.2) is 18.2 Å². The molecule has 118 valence electrons. The van der Waals surface area contributed by atoms with E-state index in [0.717, 1.165) is 42.5 Å². The molecule has 1 aromatic carbocycles. The molecule has 2 aliphatic heterocycles. The maximum atomic E-state index is 12.7. The van der Waals surface area contributed by atoms with Crippen LogP contribution in [0.5, 0.6) is 0 Å². The van der Waals surface area contributed by atoms with Crippen LogP contribution in [0, 0.1) is 13.8 Å². The molecule has 1 unspecified atom stereocenters. The second kappa shape index (κ2) is 5.63. The van der Waals surface area contributed by atoms with Crippen LogP contribution in [0.2, 0.25) is 0 Å². The van der Waals surface area contributed by atoms with Gasteiger partial charge in [-0.05, 0) is 56.7 Å². The number of hydrogen-bond donors (Lipinski definition) is 2. The van der Waals surface area contributed by atoms with Crippen molar-refractivity contribution in [2.45, 2.75) is 45.1 Å². The van der Waals surface area contributed by atoms with E-state index in [2.05, 4.69) is 10.6 Å². The Hall–Kier alpha value is -2.04. The highest BCUT2D eigenvalue weighted by Crippen LogP contribution is 2.36. The molecule has 2 N–H and O–H groups in total. The summed E-state index contributed by atoms with van der Waals surface area (Å²) in [5, 5.41) is 5.92. The minimum atomic E-state index is -0.639. The van der Waals surface area contributed by atoms with Gasteiger partial charge in [0.15, 0.2) is 0 Å². The first-order valence-corrected chi connectivity index (χ1v) is 7.97. The van der Waals surface area contributed by atoms with E-state index in [1.807, 2.05) is 32.0 Å². The minimum absolute atomic E-state index is 0.00682. The lowest BCUT2D eigenvalue weighted by atomic mass is 9.86. The topological polar surface area (TPSA) is 61.4 Å². The van der Waals surface area contributed by atoms with Crippen molar-refractivity contribution >= 4 is 17.6 Å². The molecule has 1 spiro atoms. The van der Waals surface area contributed by atoms with Gasteiger partial charge in [-0.1, -0.05) is 12.1 Å². The molecule has 0 aliphatic carbocycles. The van der Waals surface area contributed by atoms with Crippen LogP contribution in [0.1, 0.15) is 36.8 Å². The van der Waals surface area contributed by atoms with E-state index < -0.39 is 5.54 Å². The highest BCUT2D eigenvalue weighted by atomic mass is 16.2. The summed E-state index contributed by atoms with van der Waals surface area (Å²) in [6, 6.07) is 5.83. The Balaban J connectivity index is 1.82. The summed E-state index contributed by atoms with van der Waals surface area (Å²) in [4.78, 5) is 26.8. The van der Waals surface area contributed by atoms with E-state index in [1.54, 1.807) is 4.90 Å². The number of amides is 3. The first kappa shape index (κ1) is 14.9. The predicted molar refractivity (Wildman–Crippen MR) is 85.8 cm³/mol. The van der Waals surface area contributed by atoms with E-state index >= 15 is 0 Å². The SMILES string of the molecule is Cc1ccc(C)c(NC(=O)N2CCCC23CCCNC3=O)c1. The molecule has 5 heteroatoms. The van der Waals surface area contributed by atoms with Crippen LogP contribution in [0.4, 0.5) is 10.5 Å². The maximum Gasteiger partial charge on any atom is 0.322 e. The predicted octanol–water partition coefficient (Wildman–Crippen LogP) is 2.58. The number of nitrogens with one attached hydrogen (secondary N) is 2. The van der Waals surface area contributed by atoms with Crippen molar-refractivity contribution in [3.05, 3.63) is 29.3 Å². The van der Waals surface area contributed by atoms with E-state index in [0.29, 0.717) is 13.1 Å². The molecule has 0 aromatic heterocycles. The molecule has 0 radical (unpaired) electrons. The zero-order valence-electron chi connectivity index (χ0n) is 13.2. The Morgan fingerprint density at radius 2 is 2.05 bits per heavy atom. The molecule has 3 rings (SSSR count). The maximum absolute atomic E-state index is 12.7. The Kier molecular flexibility index (Phi) is 3.81. The molecule has 2 heterocycles. The van der Waals surface area contributed by atoms with Gasteiger partial charge in [-0.3, -0.25) is 4.79 Å². The third-order valence-corrected chi connectivity index (χ3v) is 4.84. The standard InChI is InChI=1S/C17H23N3O2/c1-12-5-6-13(2)14(11-12)19-16(22)20-10-4-8-17(20)7-3-9-18-15(17)21/h5-6,11H,3-4,7-10H2,1-2H3,(H,18,21)(H,19,22). The lowest BCUT2D eigenvalue weighted by molar-refractivity contribution is -0.132. The second-order valence-electron chi connectivity index (χ2n) is 6.39. The number of likely N-dealkylation sites (tertiary alicyclic amines) is 1. The number of carbonyl (C=O) groups is 2. The Labute approximate surface area is 131 Å². The van der Waals surface area contributed by atoms with Crippen molar-refractivity contribution in [2.24, 2.45) is 0 Å². The number of benzene rings is 1. The fourth-order valence-electron chi connectivity index (χ4n) is 3.58. The number of hydrogen-bond acceptors (Lipinski definition) is 2. The summed E-state index contributed by atoms with van der Waals surface area (Å²) >= 11 is 0. The minimum Gasteiger partial charge on any atom is -0.354 e. The van der Waals surface area contributed by atoms with Gasteiger partial charge in [-0.25, -0.2) is 4.79 Å². The van der Waals surface area contributed by atoms with Gasteiger partial charge in [0.25, 0.3) is 0 Å². The van der Waals surface area contributed by atoms with Crippen molar-refractivity contribution in [1.82, 2.24) is 10.2 Å². The number of urea groups is 1. The molecule has 5 nitrogen and oxygen atoms in total. The Morgan fingerprint density at radius 3 is 2.82 bits per heavy atom. The fraction of sp³-hybridized carbons (Fsp3) is 0.529. The summed E-state index contributed by atoms with van der Waals surface area (Å²) in [7, 11) is 0. The zero-order valence-corrected chi connectivity index (χ0v) is 13.2. The molecule has 1 atom stereocenters. The number of anilines is 1. The smallest absolute Gasteiger partial charge is 0.322 e. The van der Waals surface area contributed by atoms with Gasteiger partial charge < -0.3 is 15.5 Å². The highest BCUT2D eigenvalue weighted by molar-refractivity contribution is 5.97. The molecule has 1 aromatic rings. The lowest BCUT2D eigenvalue weighted by Crippen LogP contribution is -2.60. The number of carbonyl (C=O) groups excluding carboxylic acids is 2. The molecule has 2 fully saturated rings. The molecule has 3 amide bonds. The van der Waals surface area contributed by atoms with Gasteiger partial charge in [-0.15, -0.1) is 0 Å². The van der Waals surface area contributed by atoms with E-state index in [9.17, 15) is 9.59 Å². The van der Waals surface area contributed by atoms with Crippen molar-refractivity contribution in [3.8, 4) is 0 Å². The summed E-state index contributed by atoms with van der Waals surface area (Å²) in [6.07, 6.45) is 3.34. The summed E-state index contributed by atoms with van der Waals surface area (Å²) < 4.78 is 0. The third kappa shape index (κ3) is 2.45. The van der Waals surface area contributed by atoms with Crippen LogP contribution in [-0.2, 0) is 4.79 Å². The molecule has 2 saturated heterocycles. The third-order valence-electron chi connectivity index (χ3n) is 4.84. The molecular weight excluding hydrogens is 278 g/mol. The first-order valence-electron chi connectivity index (χ1n) is 7.97. The molecule has 0 bridgehead atoms. The monoisotopic (exact) mass is 301 g/mol. The summed E-state index contributed by atoms with van der Waals surface area (Å²) in [6.45, 7) is 5.33. The second-order valence-corrected chi connectivity index (χ2v) is 6.39. The van der Waals surface area contributed by atoms with Gasteiger partial charge in [0.2, 0.25) is 5.91 Å². The fourth-order valence-corrected chi connectivity index (χ4v) is 3.58. The van der Waals surface area contributed by atoms with Crippen LogP contribution < -0.4 is 10.6 Å². The molecule has 0 saturated carbocycles. The van der Waals surface area contributed by atoms with Crippen LogP contribution in [-0.4, -0.2) is 35.5 Å². The lowest BCUT2D eigenvalue weighted by Gasteiger charge is -2.40. The summed E-state index contributed by atoms with van der Waals surface area (Å²) in [5.74, 6) is 0.00682. The van der Waals surface area contributed by atoms with Gasteiger partial charge in [0.1, 0.15) is 5.54 Å². The van der Waals surface area contributed by atoms with Gasteiger partial charge >= 0.3 is 6.03 Å². The van der Waals surface area contributed by atoms with Gasteiger partial charge in [0.05, 0.1) is 0 Å². The van der Waals surface area contributed by atoms with Crippen molar-refractivity contribution in [3.63, 3.8) is 0 Å². The average molecular weight is 301 g/mol. The number of aryl methyl sites for hydroxylation is 2. The van der Waals surface area contributed by atoms with Crippen LogP contribution in [0.25, 0.3) is 0 Å². The van der Waals surface area contributed by atoms with E-state index in [4.69, 9.17) is 0 Å². The van der Waals surface area contributed by atoms with Crippen LogP contribution >= 0.6 is 0 Å². The van der Waals surface area contributed by atoms with Crippen molar-refractivity contribution < 1.29 is 9.59 Å². The average Bonchev–Trinajstić information content (AvgIpc) is 2.91. The Morgan fingerprint density at radius 1 is 1.27 bits per heavy atom. The quantitative estimate of drug-likeness (QED) is 0.837. The van der Waals surface area contributed by atoms with Crippen LogP contribution in [0.3, 0.4) is 0 Å². The summed E-state index contributed by atoms with van der Waals surface area (Å²) in [5.41, 5.74) is 2.32. The van der Waals surface area contributed by atoms with E-state index in [-0.39, 0.29) is 11.9 Å². The van der Waals surface area contributed by atoms with E-state index in [1.165, 1.54) is 0 Å². The first-order chi connectivity index (χ1) is 10.5. The zero-order chi connectivity index (χ0) is 15.7. The van der Waals surface area contributed by atoms with Crippen molar-refractivity contribution in [1.29, 1.82) is 0 Å². The number of piperidine rings is 1.